The smallest absolute Gasteiger partial charge is 0.340 e. The van der Waals surface area contributed by atoms with Crippen molar-refractivity contribution in [2.24, 2.45) is 0 Å². The van der Waals surface area contributed by atoms with Gasteiger partial charge in [-0.3, -0.25) is 0 Å². The number of anilines is 2. The minimum Gasteiger partial charge on any atom is -0.465 e. The van der Waals surface area contributed by atoms with Gasteiger partial charge in [-0.1, -0.05) is 0 Å². The minimum atomic E-state index is -0.517. The molecule has 0 saturated carbocycles. The molecule has 2 aromatic rings. The molecular formula is C11H12N4O2. The molecule has 2 rings (SSSR count). The van der Waals surface area contributed by atoms with Crippen molar-refractivity contribution in [1.82, 2.24) is 9.55 Å². The number of hydrogen-bond donors (Lipinski definition) is 2. The summed E-state index contributed by atoms with van der Waals surface area (Å²) < 4.78 is 6.37. The van der Waals surface area contributed by atoms with Crippen LogP contribution in [-0.2, 0) is 4.74 Å². The molecule has 0 fully saturated rings. The molecule has 1 aromatic heterocycles. The molecule has 0 aliphatic heterocycles. The van der Waals surface area contributed by atoms with E-state index in [-0.39, 0.29) is 11.3 Å². The molecule has 17 heavy (non-hydrogen) atoms. The number of carbonyl (C=O) groups is 1. The van der Waals surface area contributed by atoms with Gasteiger partial charge in [0, 0.05) is 18.1 Å². The van der Waals surface area contributed by atoms with Crippen LogP contribution in [0.1, 0.15) is 10.4 Å². The lowest BCUT2D eigenvalue weighted by molar-refractivity contribution is 0.0602. The summed E-state index contributed by atoms with van der Waals surface area (Å²) in [5.41, 5.74) is 13.0. The number of nitrogens with zero attached hydrogens (tertiary/aromatic N) is 2. The highest BCUT2D eigenvalue weighted by Gasteiger charge is 2.14. The largest absolute Gasteiger partial charge is 0.465 e. The van der Waals surface area contributed by atoms with Gasteiger partial charge in [-0.2, -0.15) is 0 Å². The number of rotatable bonds is 2. The first-order valence-corrected chi connectivity index (χ1v) is 4.89. The van der Waals surface area contributed by atoms with E-state index in [1.165, 1.54) is 7.11 Å². The number of nitrogens with two attached hydrogens (primary N) is 2. The van der Waals surface area contributed by atoms with E-state index in [1.807, 2.05) is 0 Å². The van der Waals surface area contributed by atoms with Crippen molar-refractivity contribution in [1.29, 1.82) is 0 Å². The highest BCUT2D eigenvalue weighted by Crippen LogP contribution is 2.25. The van der Waals surface area contributed by atoms with Crippen LogP contribution in [0.2, 0.25) is 0 Å². The Kier molecular flexibility index (Phi) is 2.70. The summed E-state index contributed by atoms with van der Waals surface area (Å²) in [6.45, 7) is 0. The van der Waals surface area contributed by atoms with Gasteiger partial charge >= 0.3 is 5.97 Å². The van der Waals surface area contributed by atoms with E-state index in [0.29, 0.717) is 11.4 Å². The second kappa shape index (κ2) is 4.17. The van der Waals surface area contributed by atoms with Crippen molar-refractivity contribution in [3.63, 3.8) is 0 Å². The lowest BCUT2D eigenvalue weighted by Crippen LogP contribution is -2.09. The van der Waals surface area contributed by atoms with Crippen LogP contribution in [0.4, 0.5) is 11.4 Å². The molecule has 1 heterocycles. The predicted octanol–water partition coefficient (Wildman–Crippen LogP) is 0.823. The number of nitrogen functional groups attached to an aromatic ring is 2. The van der Waals surface area contributed by atoms with E-state index >= 15 is 0 Å². The first-order valence-electron chi connectivity index (χ1n) is 4.89. The molecule has 6 heteroatoms. The van der Waals surface area contributed by atoms with Crippen LogP contribution in [0.15, 0.2) is 30.9 Å². The SMILES string of the molecule is COC(=O)c1cc(-n2ccnc2)cc(N)c1N. The summed E-state index contributed by atoms with van der Waals surface area (Å²) >= 11 is 0. The molecule has 0 aliphatic carbocycles. The third-order valence-corrected chi connectivity index (χ3v) is 2.40. The first kappa shape index (κ1) is 11.0. The predicted molar refractivity (Wildman–Crippen MR) is 63.7 cm³/mol. The van der Waals surface area contributed by atoms with Crippen LogP contribution >= 0.6 is 0 Å². The Balaban J connectivity index is 2.57. The van der Waals surface area contributed by atoms with E-state index in [1.54, 1.807) is 35.4 Å². The average Bonchev–Trinajstić information content (AvgIpc) is 2.85. The van der Waals surface area contributed by atoms with E-state index in [2.05, 4.69) is 9.72 Å². The van der Waals surface area contributed by atoms with Crippen molar-refractivity contribution in [2.75, 3.05) is 18.6 Å². The number of benzene rings is 1. The van der Waals surface area contributed by atoms with Crippen molar-refractivity contribution >= 4 is 17.3 Å². The number of methoxy groups -OCH3 is 1. The van der Waals surface area contributed by atoms with Gasteiger partial charge in [-0.25, -0.2) is 9.78 Å². The zero-order valence-corrected chi connectivity index (χ0v) is 9.25. The molecule has 0 unspecified atom stereocenters. The second-order valence-electron chi connectivity index (χ2n) is 3.46. The molecule has 0 saturated heterocycles. The van der Waals surface area contributed by atoms with E-state index in [9.17, 15) is 4.79 Å². The number of imidazole rings is 1. The van der Waals surface area contributed by atoms with Gasteiger partial charge in [0.05, 0.1) is 30.4 Å². The number of ether oxygens (including phenoxy) is 1. The topological polar surface area (TPSA) is 96.2 Å². The molecule has 0 spiro atoms. The van der Waals surface area contributed by atoms with Gasteiger partial charge in [0.1, 0.15) is 0 Å². The summed E-state index contributed by atoms with van der Waals surface area (Å²) in [5, 5.41) is 0. The average molecular weight is 232 g/mol. The number of aromatic nitrogens is 2. The van der Waals surface area contributed by atoms with Crippen molar-refractivity contribution in [3.8, 4) is 5.69 Å². The molecule has 0 amide bonds. The summed E-state index contributed by atoms with van der Waals surface area (Å²) in [4.78, 5) is 15.4. The van der Waals surface area contributed by atoms with Crippen LogP contribution < -0.4 is 11.5 Å². The summed E-state index contributed by atoms with van der Waals surface area (Å²) in [5.74, 6) is -0.517. The fourth-order valence-corrected chi connectivity index (χ4v) is 1.50. The molecule has 0 radical (unpaired) electrons. The van der Waals surface area contributed by atoms with Crippen molar-refractivity contribution < 1.29 is 9.53 Å². The number of carbonyl (C=O) groups excluding carboxylic acids is 1. The van der Waals surface area contributed by atoms with Gasteiger partial charge < -0.3 is 20.8 Å². The van der Waals surface area contributed by atoms with Crippen LogP contribution in [0.5, 0.6) is 0 Å². The normalized spacial score (nSPS) is 10.2. The lowest BCUT2D eigenvalue weighted by atomic mass is 10.1. The Bertz CT molecular complexity index is 549. The van der Waals surface area contributed by atoms with Crippen molar-refractivity contribution in [3.05, 3.63) is 36.4 Å². The summed E-state index contributed by atoms with van der Waals surface area (Å²) in [7, 11) is 1.29. The summed E-state index contributed by atoms with van der Waals surface area (Å²) in [6.07, 6.45) is 4.97. The van der Waals surface area contributed by atoms with Gasteiger partial charge in [0.2, 0.25) is 0 Å². The molecule has 1 aromatic carbocycles. The van der Waals surface area contributed by atoms with Crippen LogP contribution in [-0.4, -0.2) is 22.6 Å². The first-order chi connectivity index (χ1) is 8.13. The van der Waals surface area contributed by atoms with Gasteiger partial charge in [-0.15, -0.1) is 0 Å². The van der Waals surface area contributed by atoms with Crippen LogP contribution in [0.3, 0.4) is 0 Å². The second-order valence-corrected chi connectivity index (χ2v) is 3.46. The van der Waals surface area contributed by atoms with Gasteiger partial charge in [-0.05, 0) is 12.1 Å². The summed E-state index contributed by atoms with van der Waals surface area (Å²) in [6, 6.07) is 3.28. The zero-order valence-electron chi connectivity index (χ0n) is 9.25. The van der Waals surface area contributed by atoms with E-state index in [0.717, 1.165) is 0 Å². The quantitative estimate of drug-likeness (QED) is 0.590. The maximum absolute atomic E-state index is 11.5. The lowest BCUT2D eigenvalue weighted by Gasteiger charge is -2.10. The third-order valence-electron chi connectivity index (χ3n) is 2.40. The van der Waals surface area contributed by atoms with Gasteiger partial charge in [0.15, 0.2) is 0 Å². The minimum absolute atomic E-state index is 0.223. The molecule has 4 N–H and O–H groups in total. The Hall–Kier alpha value is -2.50. The van der Waals surface area contributed by atoms with E-state index in [4.69, 9.17) is 11.5 Å². The highest BCUT2D eigenvalue weighted by molar-refractivity contribution is 5.98. The van der Waals surface area contributed by atoms with Crippen molar-refractivity contribution in [2.45, 2.75) is 0 Å². The zero-order chi connectivity index (χ0) is 12.4. The maximum atomic E-state index is 11.5. The molecule has 0 atom stereocenters. The van der Waals surface area contributed by atoms with Gasteiger partial charge in [0.25, 0.3) is 0 Å². The fourth-order valence-electron chi connectivity index (χ4n) is 1.50. The maximum Gasteiger partial charge on any atom is 0.340 e. The van der Waals surface area contributed by atoms with E-state index < -0.39 is 5.97 Å². The molecule has 0 aliphatic rings. The number of esters is 1. The molecular weight excluding hydrogens is 220 g/mol. The van der Waals surface area contributed by atoms with Crippen LogP contribution in [0.25, 0.3) is 5.69 Å². The standard InChI is InChI=1S/C11H12N4O2/c1-17-11(16)8-4-7(5-9(12)10(8)13)15-3-2-14-6-15/h2-6H,12-13H2,1H3. The Morgan fingerprint density at radius 3 is 2.76 bits per heavy atom. The monoisotopic (exact) mass is 232 g/mol. The Labute approximate surface area is 97.8 Å². The third kappa shape index (κ3) is 1.92. The molecule has 88 valence electrons. The van der Waals surface area contributed by atoms with Crippen LogP contribution in [0, 0.1) is 0 Å². The number of hydrogen-bond acceptors (Lipinski definition) is 5. The Morgan fingerprint density at radius 1 is 1.41 bits per heavy atom. The Morgan fingerprint density at radius 2 is 2.18 bits per heavy atom. The highest BCUT2D eigenvalue weighted by atomic mass is 16.5. The fraction of sp³-hybridized carbons (Fsp3) is 0.0909. The molecule has 0 bridgehead atoms. The molecule has 6 nitrogen and oxygen atoms in total.